The predicted octanol–water partition coefficient (Wildman–Crippen LogP) is 0.993. The van der Waals surface area contributed by atoms with Crippen molar-refractivity contribution in [2.45, 2.75) is 41.3 Å². The number of nitriles is 1. The highest BCUT2D eigenvalue weighted by Gasteiger charge is 2.44. The van der Waals surface area contributed by atoms with E-state index in [1.807, 2.05) is 6.07 Å². The maximum Gasteiger partial charge on any atom is 0.262 e. The SMILES string of the molecule is Cn1cnc(S(=O)(=O)N2CC3CCC(C2)N3CCCS(=O)(=O)c2ccc(C#N)cc2)c1. The van der Waals surface area contributed by atoms with Gasteiger partial charge in [0.05, 0.1) is 28.6 Å². The number of fused-ring (bicyclic) bond motifs is 2. The summed E-state index contributed by atoms with van der Waals surface area (Å²) in [5.41, 5.74) is 0.425. The van der Waals surface area contributed by atoms with Crippen molar-refractivity contribution in [1.29, 1.82) is 5.26 Å². The summed E-state index contributed by atoms with van der Waals surface area (Å²) in [4.78, 5) is 6.49. The molecule has 2 aliphatic heterocycles. The molecule has 0 radical (unpaired) electrons. The Bertz CT molecular complexity index is 1180. The van der Waals surface area contributed by atoms with E-state index >= 15 is 0 Å². The molecular formula is C20H25N5O4S2. The largest absolute Gasteiger partial charge is 0.339 e. The number of hydrogen-bond donors (Lipinski definition) is 0. The molecule has 31 heavy (non-hydrogen) atoms. The van der Waals surface area contributed by atoms with Crippen LogP contribution in [0.3, 0.4) is 0 Å². The molecule has 2 aliphatic rings. The van der Waals surface area contributed by atoms with Crippen LogP contribution in [0.15, 0.2) is 46.7 Å². The van der Waals surface area contributed by atoms with Crippen molar-refractivity contribution in [3.63, 3.8) is 0 Å². The number of aromatic nitrogens is 2. The van der Waals surface area contributed by atoms with Crippen LogP contribution in [-0.4, -0.2) is 73.1 Å². The molecule has 2 saturated heterocycles. The van der Waals surface area contributed by atoms with Crippen LogP contribution in [0.1, 0.15) is 24.8 Å². The van der Waals surface area contributed by atoms with Gasteiger partial charge in [-0.25, -0.2) is 21.8 Å². The van der Waals surface area contributed by atoms with E-state index in [1.165, 1.54) is 41.1 Å². The number of sulfone groups is 1. The third kappa shape index (κ3) is 4.39. The minimum absolute atomic E-state index is 0.0186. The summed E-state index contributed by atoms with van der Waals surface area (Å²) in [6, 6.07) is 8.12. The van der Waals surface area contributed by atoms with Crippen LogP contribution in [0.5, 0.6) is 0 Å². The molecule has 1 aromatic heterocycles. The lowest BCUT2D eigenvalue weighted by molar-refractivity contribution is 0.110. The first-order chi connectivity index (χ1) is 14.7. The van der Waals surface area contributed by atoms with Gasteiger partial charge in [-0.15, -0.1) is 0 Å². The Morgan fingerprint density at radius 2 is 1.74 bits per heavy atom. The van der Waals surface area contributed by atoms with E-state index in [1.54, 1.807) is 11.6 Å². The van der Waals surface area contributed by atoms with E-state index in [-0.39, 0.29) is 27.8 Å². The molecule has 11 heteroatoms. The zero-order chi connectivity index (χ0) is 22.2. The van der Waals surface area contributed by atoms with Gasteiger partial charge >= 0.3 is 0 Å². The van der Waals surface area contributed by atoms with Gasteiger partial charge in [0.15, 0.2) is 14.9 Å². The molecule has 2 bridgehead atoms. The van der Waals surface area contributed by atoms with Crippen molar-refractivity contribution >= 4 is 19.9 Å². The summed E-state index contributed by atoms with van der Waals surface area (Å²) in [6.07, 6.45) is 5.27. The second-order valence-corrected chi connectivity index (χ2v) is 12.1. The van der Waals surface area contributed by atoms with Crippen molar-refractivity contribution in [2.75, 3.05) is 25.4 Å². The second-order valence-electron chi connectivity index (χ2n) is 8.13. The maximum atomic E-state index is 12.9. The Hall–Kier alpha value is -2.26. The van der Waals surface area contributed by atoms with Crippen molar-refractivity contribution < 1.29 is 16.8 Å². The molecule has 0 saturated carbocycles. The summed E-state index contributed by atoms with van der Waals surface area (Å²) in [7, 11) is -5.31. The molecule has 0 N–H and O–H groups in total. The highest BCUT2D eigenvalue weighted by Crippen LogP contribution is 2.32. The Morgan fingerprint density at radius 1 is 1.10 bits per heavy atom. The van der Waals surface area contributed by atoms with Crippen LogP contribution in [-0.2, 0) is 26.9 Å². The number of aryl methyl sites for hydroxylation is 1. The minimum Gasteiger partial charge on any atom is -0.339 e. The van der Waals surface area contributed by atoms with E-state index in [0.29, 0.717) is 31.6 Å². The molecule has 2 fully saturated rings. The number of rotatable bonds is 7. The smallest absolute Gasteiger partial charge is 0.262 e. The van der Waals surface area contributed by atoms with Crippen LogP contribution >= 0.6 is 0 Å². The fourth-order valence-corrected chi connectivity index (χ4v) is 7.24. The molecule has 2 unspecified atom stereocenters. The first-order valence-electron chi connectivity index (χ1n) is 10.2. The molecule has 3 heterocycles. The van der Waals surface area contributed by atoms with E-state index in [2.05, 4.69) is 9.88 Å². The lowest BCUT2D eigenvalue weighted by Gasteiger charge is -2.40. The Morgan fingerprint density at radius 3 is 2.29 bits per heavy atom. The summed E-state index contributed by atoms with van der Waals surface area (Å²) in [5, 5.41) is 8.92. The van der Waals surface area contributed by atoms with Crippen LogP contribution in [0, 0.1) is 11.3 Å². The number of nitrogens with zero attached hydrogens (tertiary/aromatic N) is 5. The maximum absolute atomic E-state index is 12.9. The zero-order valence-electron chi connectivity index (χ0n) is 17.3. The van der Waals surface area contributed by atoms with Gasteiger partial charge < -0.3 is 4.57 Å². The summed E-state index contributed by atoms with van der Waals surface area (Å²) >= 11 is 0. The van der Waals surface area contributed by atoms with Crippen LogP contribution in [0.2, 0.25) is 0 Å². The normalized spacial score (nSPS) is 22.5. The van der Waals surface area contributed by atoms with E-state index in [0.717, 1.165) is 12.8 Å². The minimum atomic E-state index is -3.62. The summed E-state index contributed by atoms with van der Waals surface area (Å²) in [6.45, 7) is 1.41. The molecule has 9 nitrogen and oxygen atoms in total. The molecule has 2 aromatic rings. The topological polar surface area (TPSA) is 116 Å². The Balaban J connectivity index is 1.37. The second kappa shape index (κ2) is 8.35. The van der Waals surface area contributed by atoms with Crippen LogP contribution < -0.4 is 0 Å². The van der Waals surface area contributed by atoms with Crippen molar-refractivity contribution in [3.8, 4) is 6.07 Å². The van der Waals surface area contributed by atoms with Gasteiger partial charge in [-0.2, -0.15) is 9.57 Å². The van der Waals surface area contributed by atoms with Crippen molar-refractivity contribution in [1.82, 2.24) is 18.8 Å². The average molecular weight is 464 g/mol. The van der Waals surface area contributed by atoms with Gasteiger partial charge in [-0.05, 0) is 50.1 Å². The Labute approximate surface area is 182 Å². The van der Waals surface area contributed by atoms with E-state index < -0.39 is 19.9 Å². The number of hydrogen-bond acceptors (Lipinski definition) is 7. The van der Waals surface area contributed by atoms with E-state index in [9.17, 15) is 16.8 Å². The van der Waals surface area contributed by atoms with Gasteiger partial charge in [0, 0.05) is 38.4 Å². The molecule has 0 aliphatic carbocycles. The first-order valence-corrected chi connectivity index (χ1v) is 13.3. The fourth-order valence-electron chi connectivity index (χ4n) is 4.46. The first kappa shape index (κ1) is 22.0. The van der Waals surface area contributed by atoms with Gasteiger partial charge in [0.1, 0.15) is 0 Å². The number of benzene rings is 1. The van der Waals surface area contributed by atoms with Gasteiger partial charge in [-0.1, -0.05) is 0 Å². The number of sulfonamides is 1. The standard InChI is InChI=1S/C20H25N5O4S2/c1-23-14-20(22-15-23)31(28,29)24-12-17-5-6-18(13-24)25(17)9-2-10-30(26,27)19-7-3-16(11-21)4-8-19/h3-4,7-8,14-15,17-18H,2,5-6,9-10,12-13H2,1H3. The van der Waals surface area contributed by atoms with Crippen LogP contribution in [0.25, 0.3) is 0 Å². The van der Waals surface area contributed by atoms with Gasteiger partial charge in [0.2, 0.25) is 0 Å². The molecule has 0 amide bonds. The van der Waals surface area contributed by atoms with Gasteiger partial charge in [-0.3, -0.25) is 4.90 Å². The van der Waals surface area contributed by atoms with Gasteiger partial charge in [0.25, 0.3) is 10.0 Å². The number of imidazole rings is 1. The average Bonchev–Trinajstić information content (AvgIpc) is 3.27. The highest BCUT2D eigenvalue weighted by atomic mass is 32.2. The Kier molecular flexibility index (Phi) is 5.91. The summed E-state index contributed by atoms with van der Waals surface area (Å²) < 4.78 is 54.1. The highest BCUT2D eigenvalue weighted by molar-refractivity contribution is 7.91. The molecular weight excluding hydrogens is 438 g/mol. The molecule has 166 valence electrons. The van der Waals surface area contributed by atoms with E-state index in [4.69, 9.17) is 5.26 Å². The molecule has 1 aromatic carbocycles. The molecule has 4 rings (SSSR count). The fraction of sp³-hybridized carbons (Fsp3) is 0.500. The lowest BCUT2D eigenvalue weighted by atomic mass is 10.2. The molecule has 2 atom stereocenters. The zero-order valence-corrected chi connectivity index (χ0v) is 18.9. The lowest BCUT2D eigenvalue weighted by Crippen LogP contribution is -2.55. The summed E-state index contributed by atoms with van der Waals surface area (Å²) in [5.74, 6) is 0.0186. The van der Waals surface area contributed by atoms with Crippen molar-refractivity contribution in [3.05, 3.63) is 42.4 Å². The van der Waals surface area contributed by atoms with Crippen molar-refractivity contribution in [2.24, 2.45) is 7.05 Å². The van der Waals surface area contributed by atoms with Crippen LogP contribution in [0.4, 0.5) is 0 Å². The third-order valence-electron chi connectivity index (χ3n) is 6.06. The number of piperazine rings is 1. The quantitative estimate of drug-likeness (QED) is 0.601. The third-order valence-corrected chi connectivity index (χ3v) is 9.59. The monoisotopic (exact) mass is 463 g/mol. The molecule has 0 spiro atoms. The predicted molar refractivity (Wildman–Crippen MR) is 113 cm³/mol.